The van der Waals surface area contributed by atoms with E-state index in [1.54, 1.807) is 0 Å². The molecule has 126 valence electrons. The van der Waals surface area contributed by atoms with E-state index in [1.807, 2.05) is 60.5 Å². The van der Waals surface area contributed by atoms with E-state index in [0.717, 1.165) is 42.9 Å². The van der Waals surface area contributed by atoms with Crippen molar-refractivity contribution in [2.45, 2.75) is 32.4 Å². The third kappa shape index (κ3) is 3.85. The second-order valence-electron chi connectivity index (χ2n) is 5.90. The minimum atomic E-state index is -0.253. The molecule has 1 amide bonds. The van der Waals surface area contributed by atoms with E-state index in [1.165, 1.54) is 0 Å². The normalized spacial score (nSPS) is 16.9. The first-order valence-corrected chi connectivity index (χ1v) is 8.45. The topological polar surface area (TPSA) is 54.5 Å². The number of nitrogens with zero attached hydrogens (tertiary/aromatic N) is 2. The Labute approximate surface area is 142 Å². The molecule has 1 fully saturated rings. The van der Waals surface area contributed by atoms with E-state index >= 15 is 0 Å². The Kier molecular flexibility index (Phi) is 5.31. The molecule has 0 bridgehead atoms. The van der Waals surface area contributed by atoms with Gasteiger partial charge in [0, 0.05) is 19.3 Å². The van der Waals surface area contributed by atoms with Crippen LogP contribution in [0.15, 0.2) is 48.7 Å². The highest BCUT2D eigenvalue weighted by Crippen LogP contribution is 2.32. The van der Waals surface area contributed by atoms with Crippen molar-refractivity contribution in [3.8, 4) is 0 Å². The molecule has 1 saturated heterocycles. The maximum Gasteiger partial charge on any atom is 0.410 e. The average molecular weight is 325 g/mol. The summed E-state index contributed by atoms with van der Waals surface area (Å²) in [5.74, 6) is 0.859. The van der Waals surface area contributed by atoms with Crippen molar-refractivity contribution >= 4 is 11.9 Å². The van der Waals surface area contributed by atoms with Crippen LogP contribution in [0.1, 0.15) is 36.9 Å². The van der Waals surface area contributed by atoms with Crippen LogP contribution >= 0.6 is 0 Å². The van der Waals surface area contributed by atoms with Gasteiger partial charge in [-0.1, -0.05) is 36.4 Å². The number of hydrogen-bond acceptors (Lipinski definition) is 4. The summed E-state index contributed by atoms with van der Waals surface area (Å²) in [5, 5.41) is 3.18. The van der Waals surface area contributed by atoms with Crippen molar-refractivity contribution < 1.29 is 9.53 Å². The quantitative estimate of drug-likeness (QED) is 0.903. The Morgan fingerprint density at radius 2 is 2.12 bits per heavy atom. The minimum Gasteiger partial charge on any atom is -0.445 e. The van der Waals surface area contributed by atoms with E-state index in [4.69, 9.17) is 4.74 Å². The smallest absolute Gasteiger partial charge is 0.410 e. The fraction of sp³-hybridized carbons (Fsp3) is 0.368. The molecule has 5 heteroatoms. The van der Waals surface area contributed by atoms with Crippen LogP contribution < -0.4 is 5.32 Å². The first-order valence-electron chi connectivity index (χ1n) is 8.45. The van der Waals surface area contributed by atoms with Crippen molar-refractivity contribution in [1.29, 1.82) is 0 Å². The number of likely N-dealkylation sites (tertiary alicyclic amines) is 1. The lowest BCUT2D eigenvalue weighted by molar-refractivity contribution is 0.0920. The highest BCUT2D eigenvalue weighted by molar-refractivity contribution is 5.68. The van der Waals surface area contributed by atoms with Gasteiger partial charge < -0.3 is 15.0 Å². The van der Waals surface area contributed by atoms with Gasteiger partial charge >= 0.3 is 6.09 Å². The Hall–Kier alpha value is -2.56. The number of ether oxygens (including phenoxy) is 1. The van der Waals surface area contributed by atoms with E-state index in [0.29, 0.717) is 6.61 Å². The number of rotatable bonds is 5. The largest absolute Gasteiger partial charge is 0.445 e. The van der Waals surface area contributed by atoms with Crippen LogP contribution in [0.25, 0.3) is 0 Å². The Bertz CT molecular complexity index is 658. The summed E-state index contributed by atoms with van der Waals surface area (Å²) in [5.41, 5.74) is 2.06. The summed E-state index contributed by atoms with van der Waals surface area (Å²) in [4.78, 5) is 18.7. The molecule has 3 rings (SSSR count). The van der Waals surface area contributed by atoms with E-state index < -0.39 is 0 Å². The van der Waals surface area contributed by atoms with Gasteiger partial charge in [0.1, 0.15) is 12.4 Å². The van der Waals surface area contributed by atoms with Gasteiger partial charge in [-0.05, 0) is 37.0 Å². The summed E-state index contributed by atoms with van der Waals surface area (Å²) in [6.45, 7) is 3.92. The second-order valence-corrected chi connectivity index (χ2v) is 5.90. The predicted molar refractivity (Wildman–Crippen MR) is 93.7 cm³/mol. The van der Waals surface area contributed by atoms with Gasteiger partial charge in [-0.25, -0.2) is 9.78 Å². The molecule has 1 aliphatic heterocycles. The lowest BCUT2D eigenvalue weighted by Gasteiger charge is -2.24. The van der Waals surface area contributed by atoms with E-state index in [-0.39, 0.29) is 12.1 Å². The van der Waals surface area contributed by atoms with Crippen LogP contribution in [0.4, 0.5) is 10.6 Å². The van der Waals surface area contributed by atoms with Crippen molar-refractivity contribution in [2.24, 2.45) is 0 Å². The number of anilines is 1. The SMILES string of the molecule is CCNc1ccc(C2CCCN2C(=O)OCc2ccccc2)cn1. The Balaban J connectivity index is 1.63. The van der Waals surface area contributed by atoms with Crippen LogP contribution in [-0.2, 0) is 11.3 Å². The van der Waals surface area contributed by atoms with Gasteiger partial charge in [0.2, 0.25) is 0 Å². The molecule has 24 heavy (non-hydrogen) atoms. The summed E-state index contributed by atoms with van der Waals surface area (Å²) >= 11 is 0. The molecule has 1 aromatic carbocycles. The van der Waals surface area contributed by atoms with Gasteiger partial charge in [0.05, 0.1) is 6.04 Å². The fourth-order valence-corrected chi connectivity index (χ4v) is 3.02. The number of pyridine rings is 1. The molecular formula is C19H23N3O2. The summed E-state index contributed by atoms with van der Waals surface area (Å²) in [6, 6.07) is 13.8. The van der Waals surface area contributed by atoms with Gasteiger partial charge in [0.25, 0.3) is 0 Å². The maximum atomic E-state index is 12.4. The first kappa shape index (κ1) is 16.3. The fourth-order valence-electron chi connectivity index (χ4n) is 3.02. The van der Waals surface area contributed by atoms with Crippen LogP contribution in [0.2, 0.25) is 0 Å². The molecular weight excluding hydrogens is 302 g/mol. The number of carbonyl (C=O) groups excluding carboxylic acids is 1. The number of benzene rings is 1. The van der Waals surface area contributed by atoms with E-state index in [9.17, 15) is 4.79 Å². The van der Waals surface area contributed by atoms with Crippen molar-refractivity contribution in [2.75, 3.05) is 18.4 Å². The molecule has 1 aliphatic rings. The maximum absolute atomic E-state index is 12.4. The lowest BCUT2D eigenvalue weighted by atomic mass is 10.1. The number of aromatic nitrogens is 1. The minimum absolute atomic E-state index is 0.0523. The lowest BCUT2D eigenvalue weighted by Crippen LogP contribution is -2.31. The average Bonchev–Trinajstić information content (AvgIpc) is 3.11. The van der Waals surface area contributed by atoms with Crippen LogP contribution in [0.5, 0.6) is 0 Å². The molecule has 1 unspecified atom stereocenters. The van der Waals surface area contributed by atoms with Crippen LogP contribution in [-0.4, -0.2) is 29.1 Å². The van der Waals surface area contributed by atoms with Crippen molar-refractivity contribution in [3.63, 3.8) is 0 Å². The van der Waals surface area contributed by atoms with Gasteiger partial charge in [-0.3, -0.25) is 0 Å². The van der Waals surface area contributed by atoms with Crippen LogP contribution in [0.3, 0.4) is 0 Å². The molecule has 1 aromatic heterocycles. The van der Waals surface area contributed by atoms with Crippen molar-refractivity contribution in [3.05, 3.63) is 59.8 Å². The number of carbonyl (C=O) groups is 1. The number of nitrogens with one attached hydrogen (secondary N) is 1. The molecule has 1 N–H and O–H groups in total. The van der Waals surface area contributed by atoms with Gasteiger partial charge in [0.15, 0.2) is 0 Å². The zero-order chi connectivity index (χ0) is 16.8. The highest BCUT2D eigenvalue weighted by atomic mass is 16.6. The first-order chi connectivity index (χ1) is 11.8. The summed E-state index contributed by atoms with van der Waals surface area (Å²) in [7, 11) is 0. The number of amides is 1. The molecule has 0 aliphatic carbocycles. The Morgan fingerprint density at radius 1 is 1.29 bits per heavy atom. The molecule has 0 radical (unpaired) electrons. The van der Waals surface area contributed by atoms with Crippen LogP contribution in [0, 0.1) is 0 Å². The third-order valence-electron chi connectivity index (χ3n) is 4.22. The summed E-state index contributed by atoms with van der Waals surface area (Å²) < 4.78 is 5.48. The molecule has 0 spiro atoms. The van der Waals surface area contributed by atoms with Crippen molar-refractivity contribution in [1.82, 2.24) is 9.88 Å². The Morgan fingerprint density at radius 3 is 2.83 bits per heavy atom. The standard InChI is InChI=1S/C19H23N3O2/c1-2-20-18-11-10-16(13-21-18)17-9-6-12-22(17)19(23)24-14-15-7-4-3-5-8-15/h3-5,7-8,10-11,13,17H,2,6,9,12,14H2,1H3,(H,20,21). The summed E-state index contributed by atoms with van der Waals surface area (Å²) in [6.07, 6.45) is 3.53. The molecule has 0 saturated carbocycles. The third-order valence-corrected chi connectivity index (χ3v) is 4.22. The predicted octanol–water partition coefficient (Wildman–Crippen LogP) is 3.99. The van der Waals surface area contributed by atoms with E-state index in [2.05, 4.69) is 10.3 Å². The van der Waals surface area contributed by atoms with Gasteiger partial charge in [-0.15, -0.1) is 0 Å². The zero-order valence-electron chi connectivity index (χ0n) is 13.9. The molecule has 1 atom stereocenters. The highest BCUT2D eigenvalue weighted by Gasteiger charge is 2.31. The molecule has 5 nitrogen and oxygen atoms in total. The second kappa shape index (κ2) is 7.81. The van der Waals surface area contributed by atoms with Gasteiger partial charge in [-0.2, -0.15) is 0 Å². The molecule has 2 aromatic rings. The molecule has 2 heterocycles. The number of hydrogen-bond donors (Lipinski definition) is 1. The zero-order valence-corrected chi connectivity index (χ0v) is 13.9. The monoisotopic (exact) mass is 325 g/mol.